The first kappa shape index (κ1) is 45.6. The van der Waals surface area contributed by atoms with Gasteiger partial charge in [-0.05, 0) is 0 Å². The topological polar surface area (TPSA) is 13.0 Å². The summed E-state index contributed by atoms with van der Waals surface area (Å²) in [6, 6.07) is 29.0. The van der Waals surface area contributed by atoms with Crippen LogP contribution in [-0.4, -0.2) is 45.7 Å². The molecular formula is C52H72N4Si2Te2. The first-order chi connectivity index (χ1) is 28.4. The zero-order valence-corrected chi connectivity index (χ0v) is 46.1. The molecule has 8 heteroatoms. The molecule has 3 aliphatic heterocycles. The maximum atomic E-state index is 3.05. The van der Waals surface area contributed by atoms with Crippen molar-refractivity contribution in [1.82, 2.24) is 0 Å². The fraction of sp³-hybridized carbons (Fsp3) is 0.462. The molecule has 1 fully saturated rings. The molecule has 3 aliphatic rings. The van der Waals surface area contributed by atoms with Crippen molar-refractivity contribution in [2.45, 2.75) is 158 Å². The third-order valence-corrected chi connectivity index (χ3v) is 119. The van der Waals surface area contributed by atoms with Crippen LogP contribution in [-0.2, 0) is 0 Å². The minimum absolute atomic E-state index is 0.438. The van der Waals surface area contributed by atoms with Crippen molar-refractivity contribution in [2.24, 2.45) is 0 Å². The van der Waals surface area contributed by atoms with Crippen molar-refractivity contribution in [1.29, 1.82) is 0 Å². The van der Waals surface area contributed by atoms with Crippen LogP contribution in [0.4, 0.5) is 22.7 Å². The standard InChI is InChI=1S/C52H72N4Si2Te2/c1-33(2)41-21-17-22-42(34(3)4)49(41)53-29-30-54(50-43(35(5)6)23-18-24-44(50)36(7)8)57(53)59-58(60-57)55(51-45(37(9)10)25-19-26-46(51)38(11)12)31-32-56(58)52-47(39(13)14)27-20-28-48(52)40(15)16/h17-40H,1-16H3. The molecule has 0 aliphatic carbocycles. The van der Waals surface area contributed by atoms with Gasteiger partial charge < -0.3 is 0 Å². The molecule has 0 radical (unpaired) electrons. The van der Waals surface area contributed by atoms with Crippen molar-refractivity contribution in [3.05, 3.63) is 142 Å². The van der Waals surface area contributed by atoms with Crippen LogP contribution in [0.25, 0.3) is 0 Å². The third kappa shape index (κ3) is 7.60. The van der Waals surface area contributed by atoms with E-state index in [-0.39, 0.29) is 0 Å². The molecule has 320 valence electrons. The van der Waals surface area contributed by atoms with Gasteiger partial charge in [0.05, 0.1) is 0 Å². The van der Waals surface area contributed by atoms with E-state index in [9.17, 15) is 0 Å². The molecule has 0 N–H and O–H groups in total. The van der Waals surface area contributed by atoms with Crippen molar-refractivity contribution in [3.8, 4) is 0 Å². The Balaban J connectivity index is 1.57. The fourth-order valence-electron chi connectivity index (χ4n) is 9.65. The average molecular weight is 1060 g/mol. The van der Waals surface area contributed by atoms with E-state index in [1.807, 2.05) is 0 Å². The van der Waals surface area contributed by atoms with Crippen molar-refractivity contribution in [3.63, 3.8) is 0 Å². The molecule has 7 rings (SSSR count). The summed E-state index contributed by atoms with van der Waals surface area (Å²) in [7, 11) is 0. The van der Waals surface area contributed by atoms with Crippen LogP contribution in [0.1, 0.15) is 203 Å². The Bertz CT molecular complexity index is 1850. The fourth-order valence-corrected chi connectivity index (χ4v) is 134. The monoisotopic (exact) mass is 1070 g/mol. The molecule has 1 saturated heterocycles. The molecule has 60 heavy (non-hydrogen) atoms. The van der Waals surface area contributed by atoms with Gasteiger partial charge in [0.15, 0.2) is 0 Å². The maximum absolute atomic E-state index is 3.05. The molecule has 0 unspecified atom stereocenters. The van der Waals surface area contributed by atoms with E-state index in [0.29, 0.717) is 47.3 Å². The van der Waals surface area contributed by atoms with Crippen LogP contribution in [0.2, 0.25) is 0 Å². The van der Waals surface area contributed by atoms with Gasteiger partial charge in [-0.3, -0.25) is 0 Å². The van der Waals surface area contributed by atoms with Gasteiger partial charge in [-0.25, -0.2) is 0 Å². The summed E-state index contributed by atoms with van der Waals surface area (Å²) in [5, 5.41) is 0. The van der Waals surface area contributed by atoms with Crippen molar-refractivity contribution in [2.75, 3.05) is 18.3 Å². The van der Waals surface area contributed by atoms with Gasteiger partial charge in [0, 0.05) is 0 Å². The summed E-state index contributed by atoms with van der Waals surface area (Å²) in [6.07, 6.45) is 10.4. The Morgan fingerprint density at radius 3 is 0.567 bits per heavy atom. The molecule has 0 amide bonds. The number of nitrogens with zero attached hydrogens (tertiary/aromatic N) is 4. The van der Waals surface area contributed by atoms with E-state index in [1.54, 1.807) is 22.7 Å². The van der Waals surface area contributed by atoms with Gasteiger partial charge in [-0.1, -0.05) is 0 Å². The summed E-state index contributed by atoms with van der Waals surface area (Å²) >= 11 is -1.40. The molecule has 0 aromatic heterocycles. The van der Waals surface area contributed by atoms with E-state index >= 15 is 0 Å². The second kappa shape index (κ2) is 17.6. The summed E-state index contributed by atoms with van der Waals surface area (Å²) in [5.74, 6) is 3.50. The van der Waals surface area contributed by atoms with Crippen LogP contribution in [0.3, 0.4) is 0 Å². The van der Waals surface area contributed by atoms with E-state index in [2.05, 4.69) is 227 Å². The van der Waals surface area contributed by atoms with E-state index < -0.39 is 45.7 Å². The quantitative estimate of drug-likeness (QED) is 0.131. The Labute approximate surface area is 383 Å². The molecule has 0 bridgehead atoms. The SMILES string of the molecule is CC(C)c1cccc(C(C)C)c1N1C=CN(c2c(C(C)C)cccc2C(C)C)[Si]12[Te][Si]1([Te]2)N(c2c(C(C)C)cccc2C(C)C)C=CN1c1c(C(C)C)cccc1C(C)C. The Morgan fingerprint density at radius 2 is 0.433 bits per heavy atom. The number of hydrogen-bond acceptors (Lipinski definition) is 4. The van der Waals surface area contributed by atoms with Crippen LogP contribution in [0.5, 0.6) is 0 Å². The normalized spacial score (nSPS) is 17.1. The second-order valence-corrected chi connectivity index (χ2v) is 70.5. The Kier molecular flexibility index (Phi) is 13.4. The molecule has 0 saturated carbocycles. The van der Waals surface area contributed by atoms with Crippen molar-refractivity contribution < 1.29 is 0 Å². The van der Waals surface area contributed by atoms with E-state index in [0.717, 1.165) is 0 Å². The van der Waals surface area contributed by atoms with Crippen molar-refractivity contribution >= 4 is 68.4 Å². The third-order valence-electron chi connectivity index (χ3n) is 12.8. The van der Waals surface area contributed by atoms with Gasteiger partial charge in [0.1, 0.15) is 0 Å². The number of hydrogen-bond donors (Lipinski definition) is 0. The second-order valence-electron chi connectivity index (χ2n) is 19.8. The molecule has 4 aromatic carbocycles. The van der Waals surface area contributed by atoms with Gasteiger partial charge in [0.2, 0.25) is 0 Å². The summed E-state index contributed by atoms with van der Waals surface area (Å²) in [4.78, 5) is 0. The number of anilines is 4. The zero-order chi connectivity index (χ0) is 43.6. The predicted molar refractivity (Wildman–Crippen MR) is 270 cm³/mol. The van der Waals surface area contributed by atoms with Gasteiger partial charge in [-0.2, -0.15) is 0 Å². The molecule has 3 heterocycles. The van der Waals surface area contributed by atoms with Crippen LogP contribution in [0.15, 0.2) is 97.6 Å². The van der Waals surface area contributed by atoms with Gasteiger partial charge in [0.25, 0.3) is 0 Å². The van der Waals surface area contributed by atoms with Gasteiger partial charge >= 0.3 is 387 Å². The van der Waals surface area contributed by atoms with E-state index in [1.165, 1.54) is 44.5 Å². The molecule has 4 nitrogen and oxygen atoms in total. The number of rotatable bonds is 12. The minimum atomic E-state index is -2.34. The average Bonchev–Trinajstić information content (AvgIpc) is 3.76. The zero-order valence-electron chi connectivity index (χ0n) is 39.5. The van der Waals surface area contributed by atoms with Crippen LogP contribution in [0, 0.1) is 0 Å². The van der Waals surface area contributed by atoms with Gasteiger partial charge in [-0.15, -0.1) is 0 Å². The molecule has 0 atom stereocenters. The Morgan fingerprint density at radius 1 is 0.283 bits per heavy atom. The predicted octanol–water partition coefficient (Wildman–Crippen LogP) is 14.3. The molecule has 2 spiro atoms. The number of benzene rings is 4. The Hall–Kier alpha value is -2.43. The first-order valence-corrected chi connectivity index (χ1v) is 40.2. The summed E-state index contributed by atoms with van der Waals surface area (Å²) in [6.45, 7) is 38.7. The number of para-hydroxylation sites is 4. The first-order valence-electron chi connectivity index (χ1n) is 22.8. The van der Waals surface area contributed by atoms with Crippen LogP contribution >= 0.6 is 0 Å². The molecular weight excluding hydrogens is 992 g/mol. The summed E-state index contributed by atoms with van der Waals surface area (Å²) < 4.78 is 7.51. The van der Waals surface area contributed by atoms with Crippen LogP contribution < -0.4 is 18.3 Å². The molecule has 4 aromatic rings. The van der Waals surface area contributed by atoms with E-state index in [4.69, 9.17) is 0 Å². The summed E-state index contributed by atoms with van der Waals surface area (Å²) in [5.41, 5.74) is 18.3.